The minimum Gasteiger partial charge on any atom is -0.868 e. The van der Waals surface area contributed by atoms with Crippen LogP contribution in [-0.2, 0) is 4.79 Å². The first-order chi connectivity index (χ1) is 12.3. The summed E-state index contributed by atoms with van der Waals surface area (Å²) < 4.78 is 0.388. The summed E-state index contributed by atoms with van der Waals surface area (Å²) in [6, 6.07) is 9.35. The van der Waals surface area contributed by atoms with Crippen LogP contribution in [0.2, 0.25) is 0 Å². The molecule has 0 radical (unpaired) electrons. The molecule has 1 fully saturated rings. The van der Waals surface area contributed by atoms with Crippen LogP contribution in [0.5, 0.6) is 5.75 Å². The molecule has 3 rings (SSSR count). The van der Waals surface area contributed by atoms with Crippen LogP contribution in [0.4, 0.5) is 11.4 Å². The molecule has 1 aliphatic heterocycles. The van der Waals surface area contributed by atoms with Crippen molar-refractivity contribution in [2.75, 3.05) is 4.90 Å². The second kappa shape index (κ2) is 6.89. The lowest BCUT2D eigenvalue weighted by atomic mass is 10.1. The molecule has 2 aromatic rings. The topological polar surface area (TPSA) is 86.5 Å². The molecule has 0 aliphatic carbocycles. The van der Waals surface area contributed by atoms with Crippen LogP contribution in [0, 0.1) is 24.0 Å². The van der Waals surface area contributed by atoms with E-state index in [1.54, 1.807) is 0 Å². The van der Waals surface area contributed by atoms with Gasteiger partial charge in [-0.1, -0.05) is 42.2 Å². The summed E-state index contributed by atoms with van der Waals surface area (Å²) in [6.45, 7) is 3.94. The lowest BCUT2D eigenvalue weighted by Gasteiger charge is -2.15. The second-order valence-corrected chi connectivity index (χ2v) is 7.45. The maximum Gasteiger partial charge on any atom is 0.270 e. The third-order valence-electron chi connectivity index (χ3n) is 4.02. The highest BCUT2D eigenvalue weighted by molar-refractivity contribution is 8.27. The van der Waals surface area contributed by atoms with Crippen LogP contribution in [-0.4, -0.2) is 15.2 Å². The Morgan fingerprint density at radius 2 is 1.88 bits per heavy atom. The minimum atomic E-state index is -0.736. The summed E-state index contributed by atoms with van der Waals surface area (Å²) >= 11 is 6.45. The van der Waals surface area contributed by atoms with Gasteiger partial charge in [0.15, 0.2) is 4.32 Å². The number of nitro benzene ring substituents is 1. The Morgan fingerprint density at radius 3 is 2.54 bits per heavy atom. The Hall–Kier alpha value is -2.71. The zero-order valence-corrected chi connectivity index (χ0v) is 15.5. The smallest absolute Gasteiger partial charge is 0.270 e. The predicted octanol–water partition coefficient (Wildman–Crippen LogP) is 3.69. The van der Waals surface area contributed by atoms with E-state index in [2.05, 4.69) is 0 Å². The van der Waals surface area contributed by atoms with Gasteiger partial charge >= 0.3 is 0 Å². The molecule has 0 aromatic heterocycles. The Kier molecular flexibility index (Phi) is 4.80. The third kappa shape index (κ3) is 3.33. The summed E-state index contributed by atoms with van der Waals surface area (Å²) in [5, 5.41) is 22.4. The van der Waals surface area contributed by atoms with Crippen LogP contribution in [0.1, 0.15) is 16.7 Å². The molecule has 8 heteroatoms. The van der Waals surface area contributed by atoms with E-state index in [0.29, 0.717) is 20.5 Å². The van der Waals surface area contributed by atoms with Crippen molar-refractivity contribution in [3.63, 3.8) is 0 Å². The van der Waals surface area contributed by atoms with Gasteiger partial charge in [0.1, 0.15) is 0 Å². The van der Waals surface area contributed by atoms with E-state index in [-0.39, 0.29) is 5.91 Å². The monoisotopic (exact) mass is 385 g/mol. The Labute approximate surface area is 159 Å². The van der Waals surface area contributed by atoms with Crippen molar-refractivity contribution < 1.29 is 14.8 Å². The largest absolute Gasteiger partial charge is 0.868 e. The fraction of sp³-hybridized carbons (Fsp3) is 0.111. The van der Waals surface area contributed by atoms with E-state index in [9.17, 15) is 20.0 Å². The standard InChI is InChI=1S/C18H14N2O4S2/c1-10-3-5-13(7-11(10)2)19-17(22)16(26-18(19)25)9-12-4-6-15(21)14(8-12)20(23)24/h3-9,21H,1-2H3/p-1/b16-9+. The molecule has 1 amide bonds. The lowest BCUT2D eigenvalue weighted by Crippen LogP contribution is -2.27. The van der Waals surface area contributed by atoms with E-state index in [1.165, 1.54) is 17.0 Å². The van der Waals surface area contributed by atoms with Crippen LogP contribution < -0.4 is 10.0 Å². The van der Waals surface area contributed by atoms with Gasteiger partial charge in [-0.25, -0.2) is 0 Å². The molecule has 1 heterocycles. The van der Waals surface area contributed by atoms with Crippen molar-refractivity contribution in [3.05, 3.63) is 68.1 Å². The van der Waals surface area contributed by atoms with Gasteiger partial charge in [0, 0.05) is 6.07 Å². The van der Waals surface area contributed by atoms with Crippen LogP contribution in [0.3, 0.4) is 0 Å². The molecule has 0 bridgehead atoms. The molecule has 6 nitrogen and oxygen atoms in total. The highest BCUT2D eigenvalue weighted by atomic mass is 32.2. The van der Waals surface area contributed by atoms with Crippen LogP contribution in [0.25, 0.3) is 6.08 Å². The van der Waals surface area contributed by atoms with Crippen LogP contribution >= 0.6 is 24.0 Å². The highest BCUT2D eigenvalue weighted by Gasteiger charge is 2.33. The predicted molar refractivity (Wildman–Crippen MR) is 104 cm³/mol. The number of anilines is 1. The number of hydrogen-bond acceptors (Lipinski definition) is 6. The van der Waals surface area contributed by atoms with Gasteiger partial charge < -0.3 is 5.11 Å². The molecule has 0 saturated carbocycles. The van der Waals surface area contributed by atoms with Crippen molar-refractivity contribution in [1.82, 2.24) is 0 Å². The number of carbonyl (C=O) groups excluding carboxylic acids is 1. The maximum atomic E-state index is 12.8. The SMILES string of the molecule is Cc1ccc(N2C(=O)/C(=C\c3ccc([O-])c([N+](=O)[O-])c3)SC2=S)cc1C. The van der Waals surface area contributed by atoms with Gasteiger partial charge in [0.25, 0.3) is 11.6 Å². The van der Waals surface area contributed by atoms with E-state index in [1.807, 2.05) is 32.0 Å². The van der Waals surface area contributed by atoms with Gasteiger partial charge in [-0.05, 0) is 54.5 Å². The number of nitro groups is 1. The molecule has 0 spiro atoms. The Bertz CT molecular complexity index is 985. The number of amides is 1. The summed E-state index contributed by atoms with van der Waals surface area (Å²) in [5.74, 6) is -0.966. The van der Waals surface area contributed by atoms with E-state index < -0.39 is 16.4 Å². The van der Waals surface area contributed by atoms with Crippen molar-refractivity contribution >= 4 is 51.7 Å². The normalized spacial score (nSPS) is 15.8. The molecule has 132 valence electrons. The molecular weight excluding hydrogens is 372 g/mol. The number of thioether (sulfide) groups is 1. The quantitative estimate of drug-likeness (QED) is 0.347. The average Bonchev–Trinajstić information content (AvgIpc) is 2.85. The highest BCUT2D eigenvalue weighted by Crippen LogP contribution is 2.37. The number of carbonyl (C=O) groups is 1. The molecule has 0 N–H and O–H groups in total. The average molecular weight is 385 g/mol. The van der Waals surface area contributed by atoms with Crippen molar-refractivity contribution in [2.45, 2.75) is 13.8 Å². The molecular formula is C18H13N2O4S2-. The van der Waals surface area contributed by atoms with Gasteiger partial charge in [0.05, 0.1) is 15.5 Å². The summed E-state index contributed by atoms with van der Waals surface area (Å²) in [4.78, 5) is 24.7. The zero-order chi connectivity index (χ0) is 19.0. The zero-order valence-electron chi connectivity index (χ0n) is 13.9. The fourth-order valence-corrected chi connectivity index (χ4v) is 3.77. The van der Waals surface area contributed by atoms with E-state index in [0.717, 1.165) is 35.0 Å². The summed E-state index contributed by atoms with van der Waals surface area (Å²) in [6.07, 6.45) is 1.51. The molecule has 2 aromatic carbocycles. The van der Waals surface area contributed by atoms with Gasteiger partial charge in [-0.15, -0.1) is 0 Å². The number of aryl methyl sites for hydroxylation is 2. The first-order valence-electron chi connectivity index (χ1n) is 7.58. The Balaban J connectivity index is 1.96. The maximum absolute atomic E-state index is 12.8. The lowest BCUT2D eigenvalue weighted by molar-refractivity contribution is -0.398. The van der Waals surface area contributed by atoms with E-state index in [4.69, 9.17) is 12.2 Å². The number of rotatable bonds is 3. The van der Waals surface area contributed by atoms with E-state index >= 15 is 0 Å². The van der Waals surface area contributed by atoms with Gasteiger partial charge in [0.2, 0.25) is 0 Å². The number of hydrogen-bond donors (Lipinski definition) is 0. The number of nitrogens with zero attached hydrogens (tertiary/aromatic N) is 2. The number of thiocarbonyl (C=S) groups is 1. The summed E-state index contributed by atoms with van der Waals surface area (Å²) in [5.41, 5.74) is 2.71. The summed E-state index contributed by atoms with van der Waals surface area (Å²) in [7, 11) is 0. The molecule has 0 unspecified atom stereocenters. The third-order valence-corrected chi connectivity index (χ3v) is 5.32. The Morgan fingerprint density at radius 1 is 1.15 bits per heavy atom. The first-order valence-corrected chi connectivity index (χ1v) is 8.81. The molecule has 1 saturated heterocycles. The second-order valence-electron chi connectivity index (χ2n) is 5.77. The van der Waals surface area contributed by atoms with Gasteiger partial charge in [-0.3, -0.25) is 19.8 Å². The minimum absolute atomic E-state index is 0.294. The number of benzene rings is 2. The first kappa shape index (κ1) is 18.1. The van der Waals surface area contributed by atoms with Crippen molar-refractivity contribution in [3.8, 4) is 5.75 Å². The van der Waals surface area contributed by atoms with Crippen molar-refractivity contribution in [1.29, 1.82) is 0 Å². The van der Waals surface area contributed by atoms with Crippen molar-refractivity contribution in [2.24, 2.45) is 0 Å². The fourth-order valence-electron chi connectivity index (χ4n) is 2.47. The molecule has 26 heavy (non-hydrogen) atoms. The van der Waals surface area contributed by atoms with Crippen LogP contribution in [0.15, 0.2) is 41.3 Å². The molecule has 0 atom stereocenters. The van der Waals surface area contributed by atoms with Gasteiger partial charge in [-0.2, -0.15) is 0 Å². The molecule has 1 aliphatic rings.